The topological polar surface area (TPSA) is 89.3 Å². The lowest BCUT2D eigenvalue weighted by Gasteiger charge is -2.10. The smallest absolute Gasteiger partial charge is 0.325 e. The summed E-state index contributed by atoms with van der Waals surface area (Å²) in [5.41, 5.74) is 4.54. The van der Waals surface area contributed by atoms with E-state index in [0.717, 1.165) is 0 Å². The van der Waals surface area contributed by atoms with Gasteiger partial charge in [-0.1, -0.05) is 34.8 Å². The predicted octanol–water partition coefficient (Wildman–Crippen LogP) is 0.355. The van der Waals surface area contributed by atoms with Crippen molar-refractivity contribution in [3.8, 4) is 0 Å². The first kappa shape index (κ1) is 12.1. The van der Waals surface area contributed by atoms with Gasteiger partial charge in [0.15, 0.2) is 0 Å². The highest BCUT2D eigenvalue weighted by atomic mass is 35.6. The van der Waals surface area contributed by atoms with Crippen molar-refractivity contribution < 1.29 is 13.2 Å². The minimum Gasteiger partial charge on any atom is -0.351 e. The van der Waals surface area contributed by atoms with Crippen LogP contribution in [0, 0.1) is 0 Å². The normalized spacial score (nSPS) is 12.6. The van der Waals surface area contributed by atoms with Crippen LogP contribution in [0.5, 0.6) is 0 Å². The van der Waals surface area contributed by atoms with E-state index in [9.17, 15) is 13.2 Å². The third kappa shape index (κ3) is 6.78. The molecular weight excluding hydrogens is 250 g/mol. The Morgan fingerprint density at radius 2 is 1.83 bits per heavy atom. The van der Waals surface area contributed by atoms with Crippen LogP contribution in [0.1, 0.15) is 0 Å². The van der Waals surface area contributed by atoms with Crippen molar-refractivity contribution >= 4 is 50.9 Å². The molecule has 3 N–H and O–H groups in total. The molecule has 0 atom stereocenters. The maximum Gasteiger partial charge on any atom is 0.325 e. The fraction of sp³-hybridized carbons (Fsp3) is 0.667. The van der Waals surface area contributed by atoms with Crippen molar-refractivity contribution in [2.75, 3.05) is 5.75 Å². The Labute approximate surface area is 84.2 Å². The van der Waals surface area contributed by atoms with E-state index < -0.39 is 25.6 Å². The van der Waals surface area contributed by atoms with Gasteiger partial charge in [0, 0.05) is 0 Å². The number of sulfonamides is 1. The van der Waals surface area contributed by atoms with E-state index in [2.05, 4.69) is 5.73 Å². The molecule has 72 valence electrons. The number of carbonyl (C=O) groups is 1. The predicted molar refractivity (Wildman–Crippen MR) is 46.8 cm³/mol. The van der Waals surface area contributed by atoms with E-state index in [4.69, 9.17) is 34.8 Å². The second-order valence-corrected chi connectivity index (χ2v) is 6.08. The molecule has 0 aliphatic heterocycles. The monoisotopic (exact) mass is 254 g/mol. The molecule has 0 radical (unpaired) electrons. The van der Waals surface area contributed by atoms with Gasteiger partial charge in [-0.05, 0) is 0 Å². The number of amides is 2. The van der Waals surface area contributed by atoms with Gasteiger partial charge in [-0.2, -0.15) is 0 Å². The van der Waals surface area contributed by atoms with Crippen LogP contribution < -0.4 is 10.5 Å². The Morgan fingerprint density at radius 1 is 1.42 bits per heavy atom. The van der Waals surface area contributed by atoms with Gasteiger partial charge in [0.1, 0.15) is 5.75 Å². The molecule has 0 saturated carbocycles. The van der Waals surface area contributed by atoms with Crippen LogP contribution in [0.4, 0.5) is 4.79 Å². The molecule has 0 aromatic carbocycles. The van der Waals surface area contributed by atoms with Crippen molar-refractivity contribution in [2.24, 2.45) is 5.73 Å². The summed E-state index contributed by atoms with van der Waals surface area (Å²) in [6.45, 7) is 0. The molecule has 2 amide bonds. The van der Waals surface area contributed by atoms with Crippen LogP contribution in [-0.4, -0.2) is 24.0 Å². The highest BCUT2D eigenvalue weighted by Gasteiger charge is 2.29. The van der Waals surface area contributed by atoms with Crippen LogP contribution in [0.2, 0.25) is 0 Å². The van der Waals surface area contributed by atoms with Gasteiger partial charge in [-0.3, -0.25) is 0 Å². The second kappa shape index (κ2) is 3.87. The number of halogens is 3. The highest BCUT2D eigenvalue weighted by molar-refractivity contribution is 7.90. The average Bonchev–Trinajstić information content (AvgIpc) is 1.48. The third-order valence-electron chi connectivity index (χ3n) is 0.610. The zero-order valence-electron chi connectivity index (χ0n) is 5.55. The lowest BCUT2D eigenvalue weighted by Crippen LogP contribution is -2.39. The van der Waals surface area contributed by atoms with Crippen molar-refractivity contribution in [3.05, 3.63) is 0 Å². The first-order valence-corrected chi connectivity index (χ1v) is 5.28. The number of hydrogen-bond acceptors (Lipinski definition) is 3. The van der Waals surface area contributed by atoms with Crippen molar-refractivity contribution in [3.63, 3.8) is 0 Å². The lowest BCUT2D eigenvalue weighted by atomic mass is 10.9. The molecule has 0 aromatic heterocycles. The van der Waals surface area contributed by atoms with Crippen LogP contribution in [0.3, 0.4) is 0 Å². The van der Waals surface area contributed by atoms with Crippen LogP contribution in [0.15, 0.2) is 0 Å². The summed E-state index contributed by atoms with van der Waals surface area (Å²) in [7, 11) is -3.96. The number of carbonyl (C=O) groups excluding carboxylic acids is 1. The number of primary amides is 1. The summed E-state index contributed by atoms with van der Waals surface area (Å²) in [5.74, 6) is -0.826. The molecule has 0 spiro atoms. The molecule has 12 heavy (non-hydrogen) atoms. The van der Waals surface area contributed by atoms with Crippen molar-refractivity contribution in [1.29, 1.82) is 0 Å². The molecule has 0 rings (SSSR count). The largest absolute Gasteiger partial charge is 0.351 e. The molecule has 9 heteroatoms. The van der Waals surface area contributed by atoms with Crippen LogP contribution in [0.25, 0.3) is 0 Å². The molecule has 0 aliphatic carbocycles. The Balaban J connectivity index is 4.36. The van der Waals surface area contributed by atoms with Gasteiger partial charge in [-0.25, -0.2) is 17.9 Å². The molecular formula is C3H5Cl3N2O3S. The minimum absolute atomic E-state index is 0.826. The average molecular weight is 256 g/mol. The molecule has 0 aromatic rings. The standard InChI is InChI=1S/C3H5Cl3N2O3S/c4-3(5,6)1-12(10,11)8-2(7)9/h1H2,(H3,7,8,9). The Morgan fingerprint density at radius 3 is 2.08 bits per heavy atom. The third-order valence-corrected chi connectivity index (χ3v) is 2.81. The van der Waals surface area contributed by atoms with E-state index >= 15 is 0 Å². The van der Waals surface area contributed by atoms with E-state index in [1.165, 1.54) is 4.72 Å². The number of nitrogens with two attached hydrogens (primary N) is 1. The maximum atomic E-state index is 10.8. The SMILES string of the molecule is NC(=O)NS(=O)(=O)CC(Cl)(Cl)Cl. The number of rotatable bonds is 2. The van der Waals surface area contributed by atoms with E-state index in [0.29, 0.717) is 0 Å². The fourth-order valence-electron chi connectivity index (χ4n) is 0.405. The Bertz CT molecular complexity index is 269. The molecule has 0 bridgehead atoms. The number of urea groups is 1. The number of nitrogens with one attached hydrogen (secondary N) is 1. The van der Waals surface area contributed by atoms with Gasteiger partial charge in [0.25, 0.3) is 0 Å². The van der Waals surface area contributed by atoms with Gasteiger partial charge in [-0.15, -0.1) is 0 Å². The van der Waals surface area contributed by atoms with E-state index in [1.54, 1.807) is 0 Å². The molecule has 0 unspecified atom stereocenters. The second-order valence-electron chi connectivity index (χ2n) is 1.84. The summed E-state index contributed by atoms with van der Waals surface area (Å²) >= 11 is 15.5. The van der Waals surface area contributed by atoms with Crippen LogP contribution >= 0.6 is 34.8 Å². The Hall–Kier alpha value is 0.0900. The maximum absolute atomic E-state index is 10.8. The van der Waals surface area contributed by atoms with Gasteiger partial charge in [0.2, 0.25) is 13.8 Å². The Kier molecular flexibility index (Phi) is 3.89. The summed E-state index contributed by atoms with van der Waals surface area (Å²) in [6, 6.07) is -1.22. The summed E-state index contributed by atoms with van der Waals surface area (Å²) in [5, 5.41) is 0. The molecule has 5 nitrogen and oxygen atoms in total. The summed E-state index contributed by atoms with van der Waals surface area (Å²) < 4.78 is 21.0. The first-order chi connectivity index (χ1) is 5.12. The zero-order chi connectivity index (χ0) is 9.99. The summed E-state index contributed by atoms with van der Waals surface area (Å²) in [6.07, 6.45) is 0. The molecule has 0 heterocycles. The number of alkyl halides is 3. The van der Waals surface area contributed by atoms with Gasteiger partial charge >= 0.3 is 6.03 Å². The molecule has 0 aliphatic rings. The summed E-state index contributed by atoms with van der Waals surface area (Å²) in [4.78, 5) is 10.1. The van der Waals surface area contributed by atoms with E-state index in [-0.39, 0.29) is 0 Å². The molecule has 0 fully saturated rings. The minimum atomic E-state index is -3.96. The van der Waals surface area contributed by atoms with Crippen LogP contribution in [-0.2, 0) is 10.0 Å². The zero-order valence-corrected chi connectivity index (χ0v) is 8.64. The van der Waals surface area contributed by atoms with Gasteiger partial charge in [0.05, 0.1) is 0 Å². The lowest BCUT2D eigenvalue weighted by molar-refractivity contribution is 0.253. The van der Waals surface area contributed by atoms with Crippen molar-refractivity contribution in [2.45, 2.75) is 3.79 Å². The van der Waals surface area contributed by atoms with E-state index in [1.807, 2.05) is 0 Å². The van der Waals surface area contributed by atoms with Gasteiger partial charge < -0.3 is 5.73 Å². The number of hydrogen-bond donors (Lipinski definition) is 2. The quantitative estimate of drug-likeness (QED) is 0.698. The van der Waals surface area contributed by atoms with Crippen molar-refractivity contribution in [1.82, 2.24) is 4.72 Å². The highest BCUT2D eigenvalue weighted by Crippen LogP contribution is 2.27. The first-order valence-electron chi connectivity index (χ1n) is 2.49. The molecule has 0 saturated heterocycles. The fourth-order valence-corrected chi connectivity index (χ4v) is 2.51.